The van der Waals surface area contributed by atoms with Crippen LogP contribution in [0.15, 0.2) is 35.9 Å². The van der Waals surface area contributed by atoms with Crippen LogP contribution in [0.5, 0.6) is 0 Å². The number of piperidine rings is 1. The van der Waals surface area contributed by atoms with Crippen LogP contribution < -0.4 is 4.90 Å². The zero-order valence-corrected chi connectivity index (χ0v) is 14.2. The van der Waals surface area contributed by atoms with Crippen molar-refractivity contribution in [1.82, 2.24) is 4.90 Å². The normalized spacial score (nSPS) is 42.0. The molecule has 3 heteroatoms. The number of benzene rings is 1. The van der Waals surface area contributed by atoms with Crippen molar-refractivity contribution < 1.29 is 4.79 Å². The molecule has 3 nitrogen and oxygen atoms in total. The third kappa shape index (κ3) is 1.31. The highest BCUT2D eigenvalue weighted by Gasteiger charge is 2.67. The number of amides is 1. The SMILES string of the molecule is CC[C@@H]1CN2CC[C@@]34c5ccccc5N5C(=O)CC=C([C@H]1C[C@@H]23)[C@H]54. The lowest BCUT2D eigenvalue weighted by atomic mass is 9.56. The van der Waals surface area contributed by atoms with Crippen molar-refractivity contribution in [1.29, 1.82) is 0 Å². The molecule has 24 heavy (non-hydrogen) atoms. The van der Waals surface area contributed by atoms with Crippen LogP contribution in [0, 0.1) is 11.8 Å². The van der Waals surface area contributed by atoms with Gasteiger partial charge in [-0.2, -0.15) is 0 Å². The van der Waals surface area contributed by atoms with E-state index in [4.69, 9.17) is 0 Å². The Bertz CT molecular complexity index is 784. The van der Waals surface area contributed by atoms with Gasteiger partial charge in [0.25, 0.3) is 0 Å². The molecule has 6 rings (SSSR count). The molecule has 3 fully saturated rings. The molecule has 5 atom stereocenters. The van der Waals surface area contributed by atoms with E-state index in [9.17, 15) is 4.79 Å². The minimum Gasteiger partial charge on any atom is -0.304 e. The summed E-state index contributed by atoms with van der Waals surface area (Å²) in [4.78, 5) is 17.8. The van der Waals surface area contributed by atoms with Gasteiger partial charge >= 0.3 is 0 Å². The minimum absolute atomic E-state index is 0.160. The Morgan fingerprint density at radius 2 is 2.17 bits per heavy atom. The summed E-state index contributed by atoms with van der Waals surface area (Å²) in [6.45, 7) is 4.81. The van der Waals surface area contributed by atoms with Crippen molar-refractivity contribution in [3.8, 4) is 0 Å². The number of hydrogen-bond donors (Lipinski definition) is 0. The lowest BCUT2D eigenvalue weighted by Gasteiger charge is -2.56. The Kier molecular flexibility index (Phi) is 2.46. The fourth-order valence-electron chi connectivity index (χ4n) is 6.96. The number of carbonyl (C=O) groups is 1. The maximum Gasteiger partial charge on any atom is 0.231 e. The van der Waals surface area contributed by atoms with Crippen LogP contribution >= 0.6 is 0 Å². The van der Waals surface area contributed by atoms with Gasteiger partial charge in [0, 0.05) is 30.1 Å². The minimum atomic E-state index is 0.160. The van der Waals surface area contributed by atoms with Crippen molar-refractivity contribution in [3.63, 3.8) is 0 Å². The summed E-state index contributed by atoms with van der Waals surface area (Å²) in [6.07, 6.45) is 6.69. The number of nitrogens with zero attached hydrogens (tertiary/aromatic N) is 2. The molecular formula is C21H24N2O. The first-order valence-corrected chi connectivity index (χ1v) is 9.61. The zero-order chi connectivity index (χ0) is 16.1. The summed E-state index contributed by atoms with van der Waals surface area (Å²) in [7, 11) is 0. The number of carbonyl (C=O) groups excluding carboxylic acids is 1. The van der Waals surface area contributed by atoms with E-state index in [1.165, 1.54) is 43.6 Å². The maximum absolute atomic E-state index is 12.9. The van der Waals surface area contributed by atoms with Crippen LogP contribution in [0.2, 0.25) is 0 Å². The fourth-order valence-corrected chi connectivity index (χ4v) is 6.96. The molecule has 2 bridgehead atoms. The van der Waals surface area contributed by atoms with Crippen molar-refractivity contribution in [2.24, 2.45) is 11.8 Å². The molecule has 5 aliphatic rings. The van der Waals surface area contributed by atoms with Gasteiger partial charge in [-0.3, -0.25) is 9.69 Å². The first kappa shape index (κ1) is 13.7. The highest BCUT2D eigenvalue weighted by molar-refractivity contribution is 6.00. The number of hydrogen-bond acceptors (Lipinski definition) is 2. The average Bonchev–Trinajstić information content (AvgIpc) is 3.15. The van der Waals surface area contributed by atoms with Gasteiger partial charge in [-0.1, -0.05) is 37.6 Å². The molecule has 0 unspecified atom stereocenters. The second-order valence-corrected chi connectivity index (χ2v) is 8.40. The van der Waals surface area contributed by atoms with Crippen LogP contribution in [0.1, 0.15) is 38.2 Å². The number of rotatable bonds is 1. The van der Waals surface area contributed by atoms with Crippen LogP contribution in [0.25, 0.3) is 0 Å². The lowest BCUT2D eigenvalue weighted by Crippen LogP contribution is -2.64. The van der Waals surface area contributed by atoms with E-state index < -0.39 is 0 Å². The molecule has 4 aliphatic heterocycles. The molecule has 1 amide bonds. The van der Waals surface area contributed by atoms with Gasteiger partial charge in [0.1, 0.15) is 0 Å². The average molecular weight is 320 g/mol. The molecular weight excluding hydrogens is 296 g/mol. The largest absolute Gasteiger partial charge is 0.304 e. The lowest BCUT2D eigenvalue weighted by molar-refractivity contribution is -0.119. The standard InChI is InChI=1S/C21H24N2O/c1-2-13-12-22-10-9-21-16-5-3-4-6-17(16)23-19(24)8-7-14(20(21)23)15(13)11-18(21)22/h3-7,13,15,18,20H,2,8-12H2,1H3/t13-,15+,18-,20+,21-/m1/s1. The van der Waals surface area contributed by atoms with Gasteiger partial charge in [-0.05, 0) is 48.4 Å². The van der Waals surface area contributed by atoms with Gasteiger partial charge in [0.2, 0.25) is 5.91 Å². The Hall–Kier alpha value is -1.61. The monoisotopic (exact) mass is 320 g/mol. The third-order valence-electron chi connectivity index (χ3n) is 7.82. The maximum atomic E-state index is 12.9. The molecule has 1 spiro atoms. The second-order valence-electron chi connectivity index (χ2n) is 8.40. The Balaban J connectivity index is 1.64. The highest BCUT2D eigenvalue weighted by Crippen LogP contribution is 2.64. The van der Waals surface area contributed by atoms with E-state index in [1.807, 2.05) is 0 Å². The predicted molar refractivity (Wildman–Crippen MR) is 94.0 cm³/mol. The Labute approximate surface area is 143 Å². The van der Waals surface area contributed by atoms with Crippen molar-refractivity contribution in [3.05, 3.63) is 41.5 Å². The van der Waals surface area contributed by atoms with E-state index in [1.54, 1.807) is 5.57 Å². The van der Waals surface area contributed by atoms with Gasteiger partial charge in [0.05, 0.1) is 6.04 Å². The number of para-hydroxylation sites is 1. The topological polar surface area (TPSA) is 23.6 Å². The molecule has 1 saturated carbocycles. The molecule has 0 aromatic heterocycles. The molecule has 124 valence electrons. The fraction of sp³-hybridized carbons (Fsp3) is 0.571. The summed E-state index contributed by atoms with van der Waals surface area (Å²) in [5.41, 5.74) is 4.43. The first-order valence-electron chi connectivity index (χ1n) is 9.61. The van der Waals surface area contributed by atoms with Crippen LogP contribution in [0.4, 0.5) is 5.69 Å². The molecule has 2 saturated heterocycles. The van der Waals surface area contributed by atoms with Crippen LogP contribution in [0.3, 0.4) is 0 Å². The van der Waals surface area contributed by atoms with Gasteiger partial charge in [0.15, 0.2) is 0 Å². The van der Waals surface area contributed by atoms with Crippen molar-refractivity contribution in [2.75, 3.05) is 18.0 Å². The van der Waals surface area contributed by atoms with Gasteiger partial charge in [-0.25, -0.2) is 0 Å². The number of fused-ring (bicyclic) bond motifs is 4. The molecule has 0 N–H and O–H groups in total. The summed E-state index contributed by atoms with van der Waals surface area (Å²) in [5, 5.41) is 0. The molecule has 4 heterocycles. The smallest absolute Gasteiger partial charge is 0.231 e. The Morgan fingerprint density at radius 1 is 1.29 bits per heavy atom. The van der Waals surface area contributed by atoms with Crippen molar-refractivity contribution >= 4 is 11.6 Å². The molecule has 1 aromatic rings. The van der Waals surface area contributed by atoms with Gasteiger partial charge in [-0.15, -0.1) is 0 Å². The van der Waals surface area contributed by atoms with Crippen LogP contribution in [-0.2, 0) is 10.2 Å². The summed E-state index contributed by atoms with van der Waals surface area (Å²) < 4.78 is 0. The summed E-state index contributed by atoms with van der Waals surface area (Å²) in [6, 6.07) is 9.71. The van der Waals surface area contributed by atoms with E-state index in [-0.39, 0.29) is 5.41 Å². The van der Waals surface area contributed by atoms with Crippen molar-refractivity contribution in [2.45, 2.75) is 50.1 Å². The summed E-state index contributed by atoms with van der Waals surface area (Å²) >= 11 is 0. The predicted octanol–water partition coefficient (Wildman–Crippen LogP) is 3.10. The van der Waals surface area contributed by atoms with Gasteiger partial charge < -0.3 is 4.90 Å². The first-order chi connectivity index (χ1) is 11.8. The van der Waals surface area contributed by atoms with E-state index in [2.05, 4.69) is 47.1 Å². The van der Waals surface area contributed by atoms with Crippen LogP contribution in [-0.4, -0.2) is 36.0 Å². The Morgan fingerprint density at radius 3 is 3.04 bits per heavy atom. The second kappa shape index (κ2) is 4.32. The molecule has 1 aromatic carbocycles. The van der Waals surface area contributed by atoms with E-state index in [0.29, 0.717) is 30.3 Å². The quantitative estimate of drug-likeness (QED) is 0.742. The zero-order valence-electron chi connectivity index (χ0n) is 14.2. The summed E-state index contributed by atoms with van der Waals surface area (Å²) in [5.74, 6) is 1.76. The number of anilines is 1. The molecule has 1 aliphatic carbocycles. The van der Waals surface area contributed by atoms with E-state index >= 15 is 0 Å². The third-order valence-corrected chi connectivity index (χ3v) is 7.82. The highest BCUT2D eigenvalue weighted by atomic mass is 16.2. The molecule has 0 radical (unpaired) electrons. The van der Waals surface area contributed by atoms with E-state index in [0.717, 1.165) is 5.92 Å².